The summed E-state index contributed by atoms with van der Waals surface area (Å²) >= 11 is 5.55. The number of anilines is 1. The third kappa shape index (κ3) is 4.88. The van der Waals surface area contributed by atoms with Crippen LogP contribution in [-0.2, 0) is 9.59 Å². The summed E-state index contributed by atoms with van der Waals surface area (Å²) in [4.78, 5) is 33.0. The highest BCUT2D eigenvalue weighted by atomic mass is 35.5. The number of carbonyl (C=O) groups is 3. The third-order valence-corrected chi connectivity index (χ3v) is 2.55. The van der Waals surface area contributed by atoms with Crippen molar-refractivity contribution in [2.45, 2.75) is 12.5 Å². The van der Waals surface area contributed by atoms with E-state index in [2.05, 4.69) is 0 Å². The molecule has 0 aliphatic heterocycles. The number of halogens is 3. The largest absolute Gasteiger partial charge is 0.480 e. The average Bonchev–Trinajstić information content (AvgIpc) is 2.32. The fourth-order valence-electron chi connectivity index (χ4n) is 1.37. The third-order valence-electron chi connectivity index (χ3n) is 2.25. The summed E-state index contributed by atoms with van der Waals surface area (Å²) in [7, 11) is 0. The number of primary amides is 1. The lowest BCUT2D eigenvalue weighted by Gasteiger charge is -2.14. The Labute approximate surface area is 122 Å². The summed E-state index contributed by atoms with van der Waals surface area (Å²) in [5, 5.41) is 12.2. The Bertz CT molecular complexity index is 574. The van der Waals surface area contributed by atoms with E-state index >= 15 is 0 Å². The Kier molecular flexibility index (Phi) is 5.42. The van der Waals surface area contributed by atoms with Gasteiger partial charge in [-0.3, -0.25) is 4.79 Å². The van der Waals surface area contributed by atoms with Crippen molar-refractivity contribution >= 4 is 35.2 Å². The van der Waals surface area contributed by atoms with E-state index in [1.54, 1.807) is 0 Å². The molecule has 114 valence electrons. The van der Waals surface area contributed by atoms with Crippen LogP contribution in [0.15, 0.2) is 12.1 Å². The van der Waals surface area contributed by atoms with Crippen LogP contribution in [0.5, 0.6) is 0 Å². The van der Waals surface area contributed by atoms with E-state index in [0.717, 1.165) is 6.07 Å². The van der Waals surface area contributed by atoms with Crippen LogP contribution < -0.4 is 16.4 Å². The predicted octanol–water partition coefficient (Wildman–Crippen LogP) is 1.07. The van der Waals surface area contributed by atoms with Gasteiger partial charge in [-0.15, -0.1) is 0 Å². The van der Waals surface area contributed by atoms with Gasteiger partial charge in [-0.25, -0.2) is 18.4 Å². The minimum Gasteiger partial charge on any atom is -0.480 e. The van der Waals surface area contributed by atoms with E-state index in [1.165, 1.54) is 0 Å². The van der Waals surface area contributed by atoms with E-state index in [4.69, 9.17) is 22.4 Å². The lowest BCUT2D eigenvalue weighted by molar-refractivity contribution is -0.140. The number of benzene rings is 1. The molecule has 0 bridgehead atoms. The van der Waals surface area contributed by atoms with Crippen molar-refractivity contribution in [1.29, 1.82) is 0 Å². The molecule has 10 heteroatoms. The first-order chi connectivity index (χ1) is 9.70. The Morgan fingerprint density at radius 2 is 1.95 bits per heavy atom. The molecule has 3 amide bonds. The van der Waals surface area contributed by atoms with Crippen molar-refractivity contribution in [1.82, 2.24) is 5.32 Å². The molecule has 0 saturated heterocycles. The predicted molar refractivity (Wildman–Crippen MR) is 68.8 cm³/mol. The number of carboxylic acid groups (broad SMARTS) is 1. The zero-order valence-electron chi connectivity index (χ0n) is 10.3. The number of hydrogen-bond acceptors (Lipinski definition) is 3. The van der Waals surface area contributed by atoms with Crippen molar-refractivity contribution in [2.24, 2.45) is 5.73 Å². The molecule has 0 fully saturated rings. The number of carbonyl (C=O) groups excluding carboxylic acids is 2. The van der Waals surface area contributed by atoms with Crippen molar-refractivity contribution in [2.75, 3.05) is 5.32 Å². The molecule has 5 N–H and O–H groups in total. The monoisotopic (exact) mass is 321 g/mol. The van der Waals surface area contributed by atoms with Gasteiger partial charge in [0.1, 0.15) is 11.9 Å². The maximum Gasteiger partial charge on any atom is 0.326 e. The minimum atomic E-state index is -1.59. The molecule has 0 aliphatic carbocycles. The summed E-state index contributed by atoms with van der Waals surface area (Å²) in [6, 6.07) is -1.49. The SMILES string of the molecule is NC(=O)C[C@H](NC(=O)Nc1c(F)cc(F)cc1Cl)C(=O)O. The molecule has 1 atom stereocenters. The number of nitrogens with two attached hydrogens (primary N) is 1. The van der Waals surface area contributed by atoms with Gasteiger partial charge in [0.05, 0.1) is 17.1 Å². The normalized spacial score (nSPS) is 11.6. The van der Waals surface area contributed by atoms with E-state index in [1.807, 2.05) is 10.6 Å². The van der Waals surface area contributed by atoms with Crippen LogP contribution in [0.3, 0.4) is 0 Å². The molecule has 1 aromatic rings. The van der Waals surface area contributed by atoms with Crippen molar-refractivity contribution in [3.05, 3.63) is 28.8 Å². The Hall–Kier alpha value is -2.42. The van der Waals surface area contributed by atoms with Crippen LogP contribution in [0.25, 0.3) is 0 Å². The molecule has 21 heavy (non-hydrogen) atoms. The number of hydrogen-bond donors (Lipinski definition) is 4. The minimum absolute atomic E-state index is 0.413. The molecule has 1 rings (SSSR count). The Morgan fingerprint density at radius 3 is 2.43 bits per heavy atom. The van der Waals surface area contributed by atoms with Gasteiger partial charge in [0, 0.05) is 6.07 Å². The zero-order chi connectivity index (χ0) is 16.2. The topological polar surface area (TPSA) is 122 Å². The molecule has 0 spiro atoms. The molecule has 0 unspecified atom stereocenters. The fourth-order valence-corrected chi connectivity index (χ4v) is 1.61. The number of amides is 3. The number of aliphatic carboxylic acids is 1. The van der Waals surface area contributed by atoms with E-state index in [0.29, 0.717) is 6.07 Å². The van der Waals surface area contributed by atoms with Crippen LogP contribution in [-0.4, -0.2) is 29.1 Å². The zero-order valence-corrected chi connectivity index (χ0v) is 11.1. The first kappa shape index (κ1) is 16.6. The lowest BCUT2D eigenvalue weighted by atomic mass is 10.2. The van der Waals surface area contributed by atoms with Crippen LogP contribution in [0.4, 0.5) is 19.3 Å². The van der Waals surface area contributed by atoms with E-state index in [9.17, 15) is 23.2 Å². The number of urea groups is 1. The quantitative estimate of drug-likeness (QED) is 0.648. The summed E-state index contributed by atoms with van der Waals surface area (Å²) in [5.74, 6) is -4.54. The second-order valence-electron chi connectivity index (χ2n) is 3.90. The molecule has 0 aromatic heterocycles. The number of rotatable bonds is 5. The summed E-state index contributed by atoms with van der Waals surface area (Å²) in [6.07, 6.45) is -0.650. The first-order valence-electron chi connectivity index (χ1n) is 5.44. The van der Waals surface area contributed by atoms with Crippen molar-refractivity contribution in [3.63, 3.8) is 0 Å². The maximum absolute atomic E-state index is 13.4. The molecular weight excluding hydrogens is 312 g/mol. The number of nitrogens with one attached hydrogen (secondary N) is 2. The molecule has 0 aliphatic rings. The van der Waals surface area contributed by atoms with Crippen LogP contribution in [0.2, 0.25) is 5.02 Å². The first-order valence-corrected chi connectivity index (χ1v) is 5.81. The van der Waals surface area contributed by atoms with Gasteiger partial charge < -0.3 is 21.5 Å². The Morgan fingerprint density at radius 1 is 1.33 bits per heavy atom. The second-order valence-corrected chi connectivity index (χ2v) is 4.31. The molecule has 1 aromatic carbocycles. The standard InChI is InChI=1S/C11H10ClF2N3O4/c12-5-1-4(13)2-6(14)9(5)17-11(21)16-7(10(19)20)3-8(15)18/h1-2,7H,3H2,(H2,15,18)(H,19,20)(H2,16,17,21)/t7-/m0/s1. The van der Waals surface area contributed by atoms with Gasteiger partial charge in [-0.05, 0) is 6.07 Å². The Balaban J connectivity index is 2.82. The van der Waals surface area contributed by atoms with E-state index in [-0.39, 0.29) is 0 Å². The van der Waals surface area contributed by atoms with Crippen LogP contribution in [0.1, 0.15) is 6.42 Å². The van der Waals surface area contributed by atoms with E-state index < -0.39 is 52.7 Å². The second kappa shape index (κ2) is 6.84. The highest BCUT2D eigenvalue weighted by Gasteiger charge is 2.23. The van der Waals surface area contributed by atoms with Gasteiger partial charge in [0.25, 0.3) is 0 Å². The highest BCUT2D eigenvalue weighted by molar-refractivity contribution is 6.33. The summed E-state index contributed by atoms with van der Waals surface area (Å²) in [6.45, 7) is 0. The van der Waals surface area contributed by atoms with Crippen LogP contribution in [0, 0.1) is 11.6 Å². The van der Waals surface area contributed by atoms with Gasteiger partial charge in [0.2, 0.25) is 5.91 Å². The molecule has 7 nitrogen and oxygen atoms in total. The fraction of sp³-hybridized carbons (Fsp3) is 0.182. The molecule has 0 heterocycles. The van der Waals surface area contributed by atoms with Crippen molar-refractivity contribution < 1.29 is 28.3 Å². The lowest BCUT2D eigenvalue weighted by Crippen LogP contribution is -2.45. The number of carboxylic acids is 1. The van der Waals surface area contributed by atoms with Gasteiger partial charge in [-0.2, -0.15) is 0 Å². The van der Waals surface area contributed by atoms with Gasteiger partial charge in [-0.1, -0.05) is 11.6 Å². The van der Waals surface area contributed by atoms with Gasteiger partial charge in [0.15, 0.2) is 5.82 Å². The maximum atomic E-state index is 13.4. The van der Waals surface area contributed by atoms with Crippen molar-refractivity contribution in [3.8, 4) is 0 Å². The smallest absolute Gasteiger partial charge is 0.326 e. The summed E-state index contributed by atoms with van der Waals surface area (Å²) < 4.78 is 26.2. The van der Waals surface area contributed by atoms with Crippen LogP contribution >= 0.6 is 11.6 Å². The molecule has 0 saturated carbocycles. The molecular formula is C11H10ClF2N3O4. The van der Waals surface area contributed by atoms with Gasteiger partial charge >= 0.3 is 12.0 Å². The molecule has 0 radical (unpaired) electrons. The average molecular weight is 322 g/mol. The summed E-state index contributed by atoms with van der Waals surface area (Å²) in [5.41, 5.74) is 4.30. The highest BCUT2D eigenvalue weighted by Crippen LogP contribution is 2.26.